The summed E-state index contributed by atoms with van der Waals surface area (Å²) in [5.74, 6) is -0.704. The van der Waals surface area contributed by atoms with E-state index >= 15 is 0 Å². The maximum absolute atomic E-state index is 12.2. The molecule has 1 aliphatic rings. The minimum atomic E-state index is -4.49. The van der Waals surface area contributed by atoms with E-state index in [1.165, 1.54) is 12.1 Å². The topological polar surface area (TPSA) is 181 Å². The number of fused-ring (bicyclic) bond motifs is 1. The van der Waals surface area contributed by atoms with E-state index in [0.29, 0.717) is 25.2 Å². The molecule has 1 aliphatic heterocycles. The first-order valence-electron chi connectivity index (χ1n) is 8.06. The number of nitrogens with two attached hydrogens (primary N) is 2. The largest absolute Gasteiger partial charge is 0.493 e. The molecule has 12 heteroatoms. The molecule has 3 rings (SSSR count). The Balaban J connectivity index is 2.23. The van der Waals surface area contributed by atoms with Gasteiger partial charge in [-0.25, -0.2) is 27.0 Å². The normalized spacial score (nSPS) is 14.6. The summed E-state index contributed by atoms with van der Waals surface area (Å²) >= 11 is 0. The van der Waals surface area contributed by atoms with Gasteiger partial charge in [0.1, 0.15) is 10.7 Å². The Kier molecular flexibility index (Phi) is 4.81. The van der Waals surface area contributed by atoms with Crippen molar-refractivity contribution in [3.05, 3.63) is 41.1 Å². The second kappa shape index (κ2) is 6.72. The van der Waals surface area contributed by atoms with E-state index in [1.807, 2.05) is 0 Å². The molecule has 0 saturated heterocycles. The van der Waals surface area contributed by atoms with Crippen molar-refractivity contribution >= 4 is 31.4 Å². The van der Waals surface area contributed by atoms with Gasteiger partial charge in [0, 0.05) is 37.5 Å². The molecule has 0 spiro atoms. The summed E-state index contributed by atoms with van der Waals surface area (Å²) in [6, 6.07) is 5.71. The van der Waals surface area contributed by atoms with Crippen LogP contribution in [0.15, 0.2) is 34.1 Å². The van der Waals surface area contributed by atoms with Gasteiger partial charge in [-0.15, -0.1) is 0 Å². The van der Waals surface area contributed by atoms with Crippen LogP contribution in [0.25, 0.3) is 0 Å². The molecule has 0 fully saturated rings. The smallest absolute Gasteiger partial charge is 0.240 e. The third-order valence-electron chi connectivity index (χ3n) is 4.43. The van der Waals surface area contributed by atoms with E-state index in [1.54, 1.807) is 11.0 Å². The van der Waals surface area contributed by atoms with E-state index in [-0.39, 0.29) is 17.1 Å². The number of nitrogens with zero attached hydrogens (tertiary/aromatic N) is 2. The number of sulfone groups is 1. The molecular weight excluding hydrogens is 406 g/mol. The number of sulfonamides is 1. The van der Waals surface area contributed by atoms with Gasteiger partial charge in [0.15, 0.2) is 9.84 Å². The summed E-state index contributed by atoms with van der Waals surface area (Å²) in [7, 11) is -8.43. The standard InChI is InChI=1S/C16H19N5O5S2/c1-27(23,24)12-4-3-11(14(16(17)18)15(12)28(19,25)26)21-7-6-10-9(8-21)2-5-13(22)20-10/h2-5H,6-8H2,1H3,(H3,17,18)(H,20,22)(H2,19,25,26). The molecule has 1 aromatic heterocycles. The van der Waals surface area contributed by atoms with Crippen molar-refractivity contribution in [2.75, 3.05) is 17.7 Å². The molecule has 2 aromatic rings. The van der Waals surface area contributed by atoms with Gasteiger partial charge in [-0.3, -0.25) is 5.41 Å². The third kappa shape index (κ3) is 3.66. The number of nitrogen functional groups attached to an aromatic ring is 1. The van der Waals surface area contributed by atoms with Crippen LogP contribution in [0.1, 0.15) is 16.8 Å². The van der Waals surface area contributed by atoms with Crippen molar-refractivity contribution in [3.63, 3.8) is 0 Å². The maximum atomic E-state index is 12.2. The van der Waals surface area contributed by atoms with Gasteiger partial charge in [0.05, 0.1) is 16.2 Å². The second-order valence-electron chi connectivity index (χ2n) is 6.46. The summed E-state index contributed by atoms with van der Waals surface area (Å²) in [5, 5.41) is 22.7. The first-order chi connectivity index (χ1) is 12.9. The average molecular weight is 425 g/mol. The van der Waals surface area contributed by atoms with Gasteiger partial charge < -0.3 is 15.7 Å². The molecule has 0 bridgehead atoms. The van der Waals surface area contributed by atoms with Crippen molar-refractivity contribution in [2.24, 2.45) is 10.9 Å². The Hall–Kier alpha value is -2.70. The Bertz CT molecular complexity index is 1190. The van der Waals surface area contributed by atoms with Crippen LogP contribution in [0.4, 0.5) is 5.69 Å². The summed E-state index contributed by atoms with van der Waals surface area (Å²) < 4.78 is 48.6. The Morgan fingerprint density at radius 1 is 1.21 bits per heavy atom. The predicted molar refractivity (Wildman–Crippen MR) is 103 cm³/mol. The molecular formula is C16H19N5O5S2. The lowest BCUT2D eigenvalue weighted by Gasteiger charge is -2.32. The molecule has 0 saturated carbocycles. The zero-order chi connectivity index (χ0) is 20.9. The highest BCUT2D eigenvalue weighted by atomic mass is 32.2. The number of aromatic hydroxyl groups is 1. The molecule has 28 heavy (non-hydrogen) atoms. The third-order valence-corrected chi connectivity index (χ3v) is 6.69. The van der Waals surface area contributed by atoms with Crippen LogP contribution in [0.2, 0.25) is 0 Å². The number of hydrogen-bond acceptors (Lipinski definition) is 8. The molecule has 1 aromatic carbocycles. The van der Waals surface area contributed by atoms with Gasteiger partial charge in [0.25, 0.3) is 0 Å². The molecule has 150 valence electrons. The van der Waals surface area contributed by atoms with E-state index < -0.39 is 35.5 Å². The number of pyridine rings is 1. The van der Waals surface area contributed by atoms with Gasteiger partial charge in [-0.1, -0.05) is 6.07 Å². The number of benzene rings is 1. The number of aromatic nitrogens is 1. The number of rotatable bonds is 4. The summed E-state index contributed by atoms with van der Waals surface area (Å²) in [6.45, 7) is 0.706. The lowest BCUT2D eigenvalue weighted by molar-refractivity contribution is 0.449. The van der Waals surface area contributed by atoms with Gasteiger partial charge in [0.2, 0.25) is 15.9 Å². The highest BCUT2D eigenvalue weighted by molar-refractivity contribution is 7.93. The predicted octanol–water partition coefficient (Wildman–Crippen LogP) is -0.315. The van der Waals surface area contributed by atoms with E-state index in [4.69, 9.17) is 16.3 Å². The second-order valence-corrected chi connectivity index (χ2v) is 9.95. The van der Waals surface area contributed by atoms with Crippen LogP contribution < -0.4 is 15.8 Å². The first-order valence-corrected chi connectivity index (χ1v) is 11.5. The van der Waals surface area contributed by atoms with Gasteiger partial charge in [-0.2, -0.15) is 0 Å². The van der Waals surface area contributed by atoms with Crippen molar-refractivity contribution < 1.29 is 21.9 Å². The first kappa shape index (κ1) is 20.0. The Morgan fingerprint density at radius 2 is 1.89 bits per heavy atom. The van der Waals surface area contributed by atoms with E-state index in [0.717, 1.165) is 17.9 Å². The molecule has 0 unspecified atom stereocenters. The maximum Gasteiger partial charge on any atom is 0.240 e. The van der Waals surface area contributed by atoms with Crippen LogP contribution in [0.5, 0.6) is 5.88 Å². The monoisotopic (exact) mass is 425 g/mol. The number of primary sulfonamides is 1. The minimum absolute atomic E-state index is 0.0920. The highest BCUT2D eigenvalue weighted by Gasteiger charge is 2.31. The highest BCUT2D eigenvalue weighted by Crippen LogP contribution is 2.34. The lowest BCUT2D eigenvalue weighted by Crippen LogP contribution is -2.34. The molecule has 0 amide bonds. The van der Waals surface area contributed by atoms with Crippen molar-refractivity contribution in [1.29, 1.82) is 5.41 Å². The Labute approximate surface area is 162 Å². The number of amidine groups is 1. The minimum Gasteiger partial charge on any atom is -0.493 e. The number of nitrogens with one attached hydrogen (secondary N) is 1. The Morgan fingerprint density at radius 3 is 2.46 bits per heavy atom. The number of anilines is 1. The average Bonchev–Trinajstić information content (AvgIpc) is 2.58. The molecule has 6 N–H and O–H groups in total. The van der Waals surface area contributed by atoms with Crippen LogP contribution >= 0.6 is 0 Å². The fourth-order valence-corrected chi connectivity index (χ4v) is 5.67. The summed E-state index contributed by atoms with van der Waals surface area (Å²) in [6.07, 6.45) is 1.31. The van der Waals surface area contributed by atoms with Crippen LogP contribution in [0.3, 0.4) is 0 Å². The van der Waals surface area contributed by atoms with E-state index in [2.05, 4.69) is 4.98 Å². The van der Waals surface area contributed by atoms with Crippen molar-refractivity contribution in [1.82, 2.24) is 4.98 Å². The van der Waals surface area contributed by atoms with Gasteiger partial charge >= 0.3 is 0 Å². The fraction of sp³-hybridized carbons (Fsp3) is 0.250. The molecule has 0 radical (unpaired) electrons. The molecule has 2 heterocycles. The SMILES string of the molecule is CS(=O)(=O)c1ccc(N2CCc3nc(O)ccc3C2)c(C(=N)N)c1S(N)(=O)=O. The van der Waals surface area contributed by atoms with Crippen molar-refractivity contribution in [2.45, 2.75) is 22.8 Å². The summed E-state index contributed by atoms with van der Waals surface area (Å²) in [5.41, 5.74) is 7.19. The molecule has 0 atom stereocenters. The zero-order valence-electron chi connectivity index (χ0n) is 14.9. The zero-order valence-corrected chi connectivity index (χ0v) is 16.5. The van der Waals surface area contributed by atoms with Crippen LogP contribution in [0, 0.1) is 5.41 Å². The van der Waals surface area contributed by atoms with Crippen molar-refractivity contribution in [3.8, 4) is 5.88 Å². The summed E-state index contributed by atoms with van der Waals surface area (Å²) in [4.78, 5) is 4.64. The lowest BCUT2D eigenvalue weighted by atomic mass is 10.0. The molecule has 0 aliphatic carbocycles. The number of hydrogen-bond donors (Lipinski definition) is 4. The van der Waals surface area contributed by atoms with Crippen LogP contribution in [-0.2, 0) is 32.8 Å². The van der Waals surface area contributed by atoms with Crippen LogP contribution in [-0.4, -0.2) is 45.6 Å². The van der Waals surface area contributed by atoms with Gasteiger partial charge in [-0.05, 0) is 17.7 Å². The quantitative estimate of drug-likeness (QED) is 0.380. The molecule has 10 nitrogen and oxygen atoms in total. The fourth-order valence-electron chi connectivity index (χ4n) is 3.26. The van der Waals surface area contributed by atoms with E-state index in [9.17, 15) is 21.9 Å².